The quantitative estimate of drug-likeness (QED) is 0.169. The van der Waals surface area contributed by atoms with Crippen LogP contribution in [0, 0.1) is 0 Å². The summed E-state index contributed by atoms with van der Waals surface area (Å²) in [5.74, 6) is 1.63. The minimum atomic E-state index is -0.153. The lowest BCUT2D eigenvalue weighted by Crippen LogP contribution is -2.28. The molecule has 4 aromatic rings. The van der Waals surface area contributed by atoms with Crippen LogP contribution in [0.2, 0.25) is 0 Å². The third-order valence-electron chi connectivity index (χ3n) is 6.48. The molecule has 9 heteroatoms. The average Bonchev–Trinajstić information content (AvgIpc) is 3.00. The molecule has 0 aliphatic rings. The van der Waals surface area contributed by atoms with Crippen LogP contribution in [0.1, 0.15) is 40.7 Å². The molecule has 216 valence electrons. The summed E-state index contributed by atoms with van der Waals surface area (Å²) in [4.78, 5) is 22.0. The Hall–Kier alpha value is -4.05. The summed E-state index contributed by atoms with van der Waals surface area (Å²) < 4.78 is 17.0. The predicted octanol–water partition coefficient (Wildman–Crippen LogP) is 4.76. The molecule has 1 aromatic heterocycles. The zero-order chi connectivity index (χ0) is 28.9. The molecule has 0 unspecified atom stereocenters. The van der Waals surface area contributed by atoms with Gasteiger partial charge in [-0.1, -0.05) is 37.3 Å². The van der Waals surface area contributed by atoms with E-state index in [1.54, 1.807) is 12.3 Å². The number of aryl methyl sites for hydroxylation is 1. The molecule has 0 aliphatic heterocycles. The first-order valence-electron chi connectivity index (χ1n) is 14.0. The van der Waals surface area contributed by atoms with Crippen LogP contribution >= 0.6 is 0 Å². The maximum Gasteiger partial charge on any atom is 0.251 e. The van der Waals surface area contributed by atoms with Gasteiger partial charge in [-0.2, -0.15) is 4.98 Å². The van der Waals surface area contributed by atoms with Crippen LogP contribution in [0.3, 0.4) is 0 Å². The molecule has 0 bridgehead atoms. The van der Waals surface area contributed by atoms with Crippen LogP contribution in [-0.4, -0.2) is 67.6 Å². The highest BCUT2D eigenvalue weighted by Gasteiger charge is 2.12. The molecule has 9 nitrogen and oxygen atoms in total. The first-order valence-corrected chi connectivity index (χ1v) is 14.0. The number of aliphatic hydroxyl groups excluding tert-OH is 1. The molecule has 41 heavy (non-hydrogen) atoms. The van der Waals surface area contributed by atoms with Gasteiger partial charge in [0.2, 0.25) is 5.88 Å². The number of hydrogen-bond acceptors (Lipinski definition) is 8. The average molecular weight is 559 g/mol. The number of benzene rings is 3. The van der Waals surface area contributed by atoms with Gasteiger partial charge >= 0.3 is 0 Å². The second-order valence-electron chi connectivity index (χ2n) is 9.45. The maximum atomic E-state index is 12.9. The van der Waals surface area contributed by atoms with Gasteiger partial charge in [0.15, 0.2) is 0 Å². The predicted molar refractivity (Wildman–Crippen MR) is 160 cm³/mol. The van der Waals surface area contributed by atoms with Crippen molar-refractivity contribution in [1.29, 1.82) is 0 Å². The molecule has 3 aromatic carbocycles. The van der Waals surface area contributed by atoms with Crippen molar-refractivity contribution in [3.8, 4) is 11.6 Å². The number of rotatable bonds is 16. The molecule has 0 saturated carbocycles. The Morgan fingerprint density at radius 2 is 1.71 bits per heavy atom. The van der Waals surface area contributed by atoms with E-state index in [1.165, 1.54) is 0 Å². The summed E-state index contributed by atoms with van der Waals surface area (Å²) in [6.07, 6.45) is 3.57. The van der Waals surface area contributed by atoms with E-state index in [0.717, 1.165) is 39.8 Å². The molecule has 4 rings (SSSR count). The molecule has 0 aliphatic carbocycles. The largest absolute Gasteiger partial charge is 0.438 e. The van der Waals surface area contributed by atoms with Crippen LogP contribution in [0.4, 0.5) is 5.69 Å². The molecular weight excluding hydrogens is 520 g/mol. The summed E-state index contributed by atoms with van der Waals surface area (Å²) in [6.45, 7) is 4.38. The standard InChI is InChI=1S/C32H38N4O5/c1-3-23-19-24(21-25(20-23)32(38)35-13-16-40-18-17-39-15-6-14-37)22-30-34-12-11-31(36-30)41-29-10-9-28(33-2)26-7-4-5-8-27(26)29/h4-5,7-12,19-21,33,37H,3,6,13-18,22H2,1-2H3,(H,35,38). The minimum absolute atomic E-state index is 0.117. The van der Waals surface area contributed by atoms with Crippen LogP contribution in [-0.2, 0) is 22.3 Å². The van der Waals surface area contributed by atoms with Gasteiger partial charge in [-0.3, -0.25) is 4.79 Å². The molecular formula is C32H38N4O5. The molecule has 1 amide bonds. The van der Waals surface area contributed by atoms with Crippen LogP contribution in [0.15, 0.2) is 66.9 Å². The fourth-order valence-electron chi connectivity index (χ4n) is 4.42. The Bertz CT molecular complexity index is 1430. The van der Waals surface area contributed by atoms with E-state index in [2.05, 4.69) is 39.7 Å². The number of hydrogen-bond donors (Lipinski definition) is 3. The van der Waals surface area contributed by atoms with Crippen molar-refractivity contribution >= 4 is 22.4 Å². The fraction of sp³-hybridized carbons (Fsp3) is 0.344. The number of nitrogens with one attached hydrogen (secondary N) is 2. The minimum Gasteiger partial charge on any atom is -0.438 e. The van der Waals surface area contributed by atoms with E-state index < -0.39 is 0 Å². The van der Waals surface area contributed by atoms with E-state index in [-0.39, 0.29) is 12.5 Å². The Labute approximate surface area is 240 Å². The number of aliphatic hydroxyl groups is 1. The number of carbonyl (C=O) groups is 1. The normalized spacial score (nSPS) is 11.0. The van der Waals surface area contributed by atoms with Gasteiger partial charge in [-0.05, 0) is 48.2 Å². The van der Waals surface area contributed by atoms with Crippen molar-refractivity contribution < 1.29 is 24.1 Å². The van der Waals surface area contributed by atoms with Crippen molar-refractivity contribution in [3.63, 3.8) is 0 Å². The van der Waals surface area contributed by atoms with E-state index in [4.69, 9.17) is 19.3 Å². The smallest absolute Gasteiger partial charge is 0.251 e. The summed E-state index contributed by atoms with van der Waals surface area (Å²) >= 11 is 0. The Kier molecular flexibility index (Phi) is 11.4. The highest BCUT2D eigenvalue weighted by Crippen LogP contribution is 2.33. The number of anilines is 1. The second kappa shape index (κ2) is 15.7. The molecule has 0 radical (unpaired) electrons. The lowest BCUT2D eigenvalue weighted by atomic mass is 10.0. The van der Waals surface area contributed by atoms with Gasteiger partial charge in [-0.15, -0.1) is 0 Å². The van der Waals surface area contributed by atoms with Crippen LogP contribution < -0.4 is 15.4 Å². The third kappa shape index (κ3) is 8.72. The number of amides is 1. The van der Waals surface area contributed by atoms with Crippen molar-refractivity contribution in [3.05, 3.63) is 89.4 Å². The molecule has 3 N–H and O–H groups in total. The van der Waals surface area contributed by atoms with Gasteiger partial charge in [0.1, 0.15) is 11.6 Å². The monoisotopic (exact) mass is 558 g/mol. The zero-order valence-corrected chi connectivity index (χ0v) is 23.7. The van der Waals surface area contributed by atoms with Crippen molar-refractivity contribution in [2.75, 3.05) is 51.9 Å². The van der Waals surface area contributed by atoms with E-state index in [9.17, 15) is 4.79 Å². The summed E-state index contributed by atoms with van der Waals surface area (Å²) in [6, 6.07) is 19.6. The Morgan fingerprint density at radius 1 is 0.927 bits per heavy atom. The molecule has 0 spiro atoms. The van der Waals surface area contributed by atoms with Crippen LogP contribution in [0.25, 0.3) is 10.8 Å². The molecule has 0 fully saturated rings. The lowest BCUT2D eigenvalue weighted by Gasteiger charge is -2.12. The van der Waals surface area contributed by atoms with Crippen LogP contribution in [0.5, 0.6) is 11.6 Å². The zero-order valence-electron chi connectivity index (χ0n) is 23.7. The van der Waals surface area contributed by atoms with E-state index in [0.29, 0.717) is 63.1 Å². The Morgan fingerprint density at radius 3 is 2.49 bits per heavy atom. The SMILES string of the molecule is CCc1cc(Cc2nccc(Oc3ccc(NC)c4ccccc34)n2)cc(C(=O)NCCOCCOCCCO)c1. The highest BCUT2D eigenvalue weighted by atomic mass is 16.5. The highest BCUT2D eigenvalue weighted by molar-refractivity contribution is 5.98. The number of ether oxygens (including phenoxy) is 3. The third-order valence-corrected chi connectivity index (χ3v) is 6.48. The van der Waals surface area contributed by atoms with Crippen molar-refractivity contribution in [1.82, 2.24) is 15.3 Å². The van der Waals surface area contributed by atoms with Gasteiger partial charge in [0.25, 0.3) is 5.91 Å². The van der Waals surface area contributed by atoms with Gasteiger partial charge in [0, 0.05) is 67.5 Å². The van der Waals surface area contributed by atoms with E-state index >= 15 is 0 Å². The summed E-state index contributed by atoms with van der Waals surface area (Å²) in [7, 11) is 1.90. The summed E-state index contributed by atoms with van der Waals surface area (Å²) in [5.41, 5.74) is 3.63. The summed E-state index contributed by atoms with van der Waals surface area (Å²) in [5, 5.41) is 16.9. The number of aromatic nitrogens is 2. The first-order chi connectivity index (χ1) is 20.1. The van der Waals surface area contributed by atoms with Gasteiger partial charge < -0.3 is 30.0 Å². The second-order valence-corrected chi connectivity index (χ2v) is 9.45. The molecule has 0 saturated heterocycles. The lowest BCUT2D eigenvalue weighted by molar-refractivity contribution is 0.0432. The van der Waals surface area contributed by atoms with E-state index in [1.807, 2.05) is 49.5 Å². The van der Waals surface area contributed by atoms with Crippen molar-refractivity contribution in [2.45, 2.75) is 26.2 Å². The number of carbonyl (C=O) groups excluding carboxylic acids is 1. The fourth-order valence-corrected chi connectivity index (χ4v) is 4.42. The number of fused-ring (bicyclic) bond motifs is 1. The Balaban J connectivity index is 1.38. The number of nitrogens with zero attached hydrogens (tertiary/aromatic N) is 2. The van der Waals surface area contributed by atoms with Gasteiger partial charge in [0.05, 0.1) is 19.8 Å². The molecule has 0 atom stereocenters. The topological polar surface area (TPSA) is 115 Å². The first kappa shape index (κ1) is 29.9. The van der Waals surface area contributed by atoms with Gasteiger partial charge in [-0.25, -0.2) is 4.98 Å². The maximum absolute atomic E-state index is 12.9. The molecule has 1 heterocycles. The van der Waals surface area contributed by atoms with Crippen molar-refractivity contribution in [2.24, 2.45) is 0 Å².